The Morgan fingerprint density at radius 2 is 2.14 bits per heavy atom. The van der Waals surface area contributed by atoms with Gasteiger partial charge in [-0.25, -0.2) is 0 Å². The highest BCUT2D eigenvalue weighted by atomic mass is 16.5. The molecule has 7 nitrogen and oxygen atoms in total. The fraction of sp³-hybridized carbons (Fsp3) is 0.571. The maximum Gasteiger partial charge on any atom is 0.254 e. The first-order chi connectivity index (χ1) is 13.8. The van der Waals surface area contributed by atoms with E-state index in [4.69, 9.17) is 14.0 Å². The molecule has 0 unspecified atom stereocenters. The molecule has 148 valence electrons. The van der Waals surface area contributed by atoms with E-state index in [2.05, 4.69) is 10.1 Å². The Balaban J connectivity index is 1.20. The molecule has 0 spiro atoms. The highest BCUT2D eigenvalue weighted by Gasteiger charge is 2.34. The van der Waals surface area contributed by atoms with Gasteiger partial charge in [0.2, 0.25) is 5.89 Å². The van der Waals surface area contributed by atoms with Crippen molar-refractivity contribution in [1.29, 1.82) is 0 Å². The number of benzene rings is 1. The third kappa shape index (κ3) is 3.76. The van der Waals surface area contributed by atoms with Gasteiger partial charge in [-0.15, -0.1) is 0 Å². The second-order valence-corrected chi connectivity index (χ2v) is 7.98. The number of carbonyl (C=O) groups is 1. The zero-order valence-electron chi connectivity index (χ0n) is 15.9. The van der Waals surface area contributed by atoms with Crippen molar-refractivity contribution in [2.45, 2.75) is 50.0 Å². The molecule has 28 heavy (non-hydrogen) atoms. The van der Waals surface area contributed by atoms with Gasteiger partial charge in [0.15, 0.2) is 5.82 Å². The summed E-state index contributed by atoms with van der Waals surface area (Å²) in [5.74, 6) is 2.84. The predicted octanol–water partition coefficient (Wildman–Crippen LogP) is 3.13. The molecule has 0 radical (unpaired) electrons. The van der Waals surface area contributed by atoms with Gasteiger partial charge >= 0.3 is 0 Å². The average molecular weight is 383 g/mol. The van der Waals surface area contributed by atoms with E-state index in [0.717, 1.165) is 44.5 Å². The van der Waals surface area contributed by atoms with Crippen molar-refractivity contribution in [2.75, 3.05) is 26.3 Å². The Morgan fingerprint density at radius 1 is 1.21 bits per heavy atom. The molecule has 1 aromatic carbocycles. The van der Waals surface area contributed by atoms with Gasteiger partial charge in [-0.05, 0) is 50.3 Å². The molecule has 7 heteroatoms. The minimum absolute atomic E-state index is 0.0204. The van der Waals surface area contributed by atoms with Gasteiger partial charge < -0.3 is 18.9 Å². The zero-order valence-corrected chi connectivity index (χ0v) is 15.9. The normalized spacial score (nSPS) is 24.6. The number of amides is 1. The van der Waals surface area contributed by atoms with Crippen molar-refractivity contribution in [1.82, 2.24) is 15.0 Å². The summed E-state index contributed by atoms with van der Waals surface area (Å²) in [6.07, 6.45) is 5.44. The van der Waals surface area contributed by atoms with Crippen LogP contribution in [0.15, 0.2) is 28.8 Å². The summed E-state index contributed by atoms with van der Waals surface area (Å²) in [7, 11) is 0. The molecular weight excluding hydrogens is 358 g/mol. The number of hydrogen-bond donors (Lipinski definition) is 0. The van der Waals surface area contributed by atoms with Crippen LogP contribution in [0, 0.1) is 0 Å². The lowest BCUT2D eigenvalue weighted by Gasteiger charge is -2.17. The molecule has 1 amide bonds. The highest BCUT2D eigenvalue weighted by molar-refractivity contribution is 5.94. The molecule has 1 aromatic heterocycles. The van der Waals surface area contributed by atoms with E-state index in [1.165, 1.54) is 0 Å². The lowest BCUT2D eigenvalue weighted by atomic mass is 10.1. The minimum atomic E-state index is 0.0204. The minimum Gasteiger partial charge on any atom is -0.491 e. The third-order valence-electron chi connectivity index (χ3n) is 5.77. The molecule has 3 aliphatic rings. The van der Waals surface area contributed by atoms with Crippen molar-refractivity contribution >= 4 is 5.91 Å². The van der Waals surface area contributed by atoms with E-state index in [-0.39, 0.29) is 17.9 Å². The maximum absolute atomic E-state index is 12.9. The first-order valence-corrected chi connectivity index (χ1v) is 10.2. The summed E-state index contributed by atoms with van der Waals surface area (Å²) in [6, 6.07) is 7.41. The first-order valence-electron chi connectivity index (χ1n) is 10.2. The summed E-state index contributed by atoms with van der Waals surface area (Å²) in [6.45, 7) is 2.66. The fourth-order valence-corrected chi connectivity index (χ4v) is 3.93. The summed E-state index contributed by atoms with van der Waals surface area (Å²) in [5.41, 5.74) is 0.648. The smallest absolute Gasteiger partial charge is 0.254 e. The molecule has 2 aromatic rings. The van der Waals surface area contributed by atoms with Crippen LogP contribution >= 0.6 is 0 Å². The van der Waals surface area contributed by atoms with E-state index >= 15 is 0 Å². The van der Waals surface area contributed by atoms with Crippen molar-refractivity contribution in [2.24, 2.45) is 0 Å². The topological polar surface area (TPSA) is 77.7 Å². The number of rotatable bonds is 6. The van der Waals surface area contributed by atoms with Gasteiger partial charge in [0.05, 0.1) is 12.0 Å². The average Bonchev–Trinajstić information content (AvgIpc) is 3.15. The SMILES string of the molecule is O=C(c1cccc(OC[C@H]2CCCO2)c1)N1CC[C@@H](c2nc(C3CC3)no2)C1. The van der Waals surface area contributed by atoms with E-state index < -0.39 is 0 Å². The number of hydrogen-bond acceptors (Lipinski definition) is 6. The Kier molecular flexibility index (Phi) is 4.76. The lowest BCUT2D eigenvalue weighted by Crippen LogP contribution is -2.28. The summed E-state index contributed by atoms with van der Waals surface area (Å²) in [5, 5.41) is 4.10. The van der Waals surface area contributed by atoms with Crippen LogP contribution in [0.3, 0.4) is 0 Å². The molecular formula is C21H25N3O4. The van der Waals surface area contributed by atoms with E-state index in [0.29, 0.717) is 42.8 Å². The third-order valence-corrected chi connectivity index (χ3v) is 5.77. The van der Waals surface area contributed by atoms with Crippen LogP contribution in [0.5, 0.6) is 5.75 Å². The van der Waals surface area contributed by atoms with E-state index in [1.54, 1.807) is 0 Å². The number of ether oxygens (including phenoxy) is 2. The molecule has 3 heterocycles. The van der Waals surface area contributed by atoms with Gasteiger partial charge in [0.1, 0.15) is 12.4 Å². The Hall–Kier alpha value is -2.41. The maximum atomic E-state index is 12.9. The van der Waals surface area contributed by atoms with Crippen LogP contribution in [0.25, 0.3) is 0 Å². The Morgan fingerprint density at radius 3 is 2.96 bits per heavy atom. The van der Waals surface area contributed by atoms with E-state index in [1.807, 2.05) is 29.2 Å². The summed E-state index contributed by atoms with van der Waals surface area (Å²) >= 11 is 0. The predicted molar refractivity (Wildman–Crippen MR) is 100 cm³/mol. The molecule has 1 aliphatic carbocycles. The Labute approximate surface area is 164 Å². The molecule has 5 rings (SSSR count). The Bertz CT molecular complexity index is 842. The lowest BCUT2D eigenvalue weighted by molar-refractivity contribution is 0.0678. The second-order valence-electron chi connectivity index (χ2n) is 7.98. The van der Waals surface area contributed by atoms with Crippen LogP contribution in [-0.4, -0.2) is 53.4 Å². The molecule has 2 atom stereocenters. The highest BCUT2D eigenvalue weighted by Crippen LogP contribution is 2.39. The first kappa shape index (κ1) is 17.7. The van der Waals surface area contributed by atoms with Gasteiger partial charge in [-0.1, -0.05) is 11.2 Å². The molecule has 0 N–H and O–H groups in total. The number of carbonyl (C=O) groups excluding carboxylic acids is 1. The second kappa shape index (κ2) is 7.54. The van der Waals surface area contributed by atoms with Gasteiger partial charge in [0, 0.05) is 31.2 Å². The number of nitrogens with zero attached hydrogens (tertiary/aromatic N) is 3. The molecule has 1 saturated carbocycles. The molecule has 3 fully saturated rings. The van der Waals surface area contributed by atoms with Gasteiger partial charge in [-0.2, -0.15) is 4.98 Å². The van der Waals surface area contributed by atoms with Crippen LogP contribution < -0.4 is 4.74 Å². The standard InChI is InChI=1S/C21H25N3O4/c25-21(15-3-1-4-17(11-15)27-13-18-5-2-10-26-18)24-9-8-16(12-24)20-22-19(23-28-20)14-6-7-14/h1,3-4,11,14,16,18H,2,5-10,12-13H2/t16-,18-/m1/s1. The van der Waals surface area contributed by atoms with Crippen molar-refractivity contribution in [3.05, 3.63) is 41.5 Å². The summed E-state index contributed by atoms with van der Waals surface area (Å²) in [4.78, 5) is 19.4. The number of likely N-dealkylation sites (tertiary alicyclic amines) is 1. The van der Waals surface area contributed by atoms with Gasteiger partial charge in [-0.3, -0.25) is 4.79 Å². The largest absolute Gasteiger partial charge is 0.491 e. The van der Waals surface area contributed by atoms with Crippen LogP contribution in [0.4, 0.5) is 0 Å². The van der Waals surface area contributed by atoms with Crippen molar-refractivity contribution < 1.29 is 18.8 Å². The quantitative estimate of drug-likeness (QED) is 0.763. The fourth-order valence-electron chi connectivity index (χ4n) is 3.93. The van der Waals surface area contributed by atoms with E-state index in [9.17, 15) is 4.79 Å². The molecule has 2 aliphatic heterocycles. The van der Waals surface area contributed by atoms with Crippen LogP contribution in [0.2, 0.25) is 0 Å². The summed E-state index contributed by atoms with van der Waals surface area (Å²) < 4.78 is 16.9. The van der Waals surface area contributed by atoms with Crippen molar-refractivity contribution in [3.63, 3.8) is 0 Å². The van der Waals surface area contributed by atoms with Gasteiger partial charge in [0.25, 0.3) is 5.91 Å². The van der Waals surface area contributed by atoms with Crippen LogP contribution in [-0.2, 0) is 4.74 Å². The molecule has 2 saturated heterocycles. The van der Waals surface area contributed by atoms with Crippen LogP contribution in [0.1, 0.15) is 66.0 Å². The number of aromatic nitrogens is 2. The molecule has 0 bridgehead atoms. The van der Waals surface area contributed by atoms with Crippen molar-refractivity contribution in [3.8, 4) is 5.75 Å². The monoisotopic (exact) mass is 383 g/mol. The zero-order chi connectivity index (χ0) is 18.9.